The number of rotatable bonds is 0. The maximum atomic E-state index is 8.63. The maximum absolute atomic E-state index is 8.63. The summed E-state index contributed by atoms with van der Waals surface area (Å²) in [4.78, 5) is 0. The van der Waals surface area contributed by atoms with Crippen LogP contribution in [0.4, 0.5) is 0 Å². The van der Waals surface area contributed by atoms with Crippen molar-refractivity contribution in [2.75, 3.05) is 0 Å². The van der Waals surface area contributed by atoms with Crippen molar-refractivity contribution in [2.24, 2.45) is 0 Å². The van der Waals surface area contributed by atoms with E-state index in [9.17, 15) is 0 Å². The average molecular weight is 169 g/mol. The first kappa shape index (κ1) is 12.0. The second-order valence-corrected chi connectivity index (χ2v) is 1.34. The third-order valence-electron chi connectivity index (χ3n) is 0.756. The van der Waals surface area contributed by atoms with Crippen LogP contribution in [0.25, 0.3) is 0 Å². The number of phenols is 1. The monoisotopic (exact) mass is 169 g/mol. The molecule has 0 atom stereocenters. The first-order chi connectivity index (χ1) is 3.39. The summed E-state index contributed by atoms with van der Waals surface area (Å²) in [6.45, 7) is 0. The van der Waals surface area contributed by atoms with Crippen molar-refractivity contribution >= 4 is 17.4 Å². The van der Waals surface area contributed by atoms with E-state index < -0.39 is 0 Å². The van der Waals surface area contributed by atoms with E-state index in [4.69, 9.17) is 5.11 Å². The topological polar surface area (TPSA) is 20.2 Å². The van der Waals surface area contributed by atoms with Gasteiger partial charge < -0.3 is 5.11 Å². The van der Waals surface area contributed by atoms with Crippen LogP contribution in [0.1, 0.15) is 0 Å². The largest absolute Gasteiger partial charge is 0.508 e. The van der Waals surface area contributed by atoms with Gasteiger partial charge in [-0.2, -0.15) is 0 Å². The molecule has 1 aromatic carbocycles. The molecule has 1 aromatic rings. The van der Waals surface area contributed by atoms with Crippen molar-refractivity contribution < 1.29 is 26.8 Å². The molecule has 0 fully saturated rings. The molecule has 1 nitrogen and oxygen atoms in total. The third kappa shape index (κ3) is 4.75. The van der Waals surface area contributed by atoms with E-state index in [-0.39, 0.29) is 39.1 Å². The normalized spacial score (nSPS) is 6.67. The second-order valence-electron chi connectivity index (χ2n) is 1.34. The van der Waals surface area contributed by atoms with Gasteiger partial charge >= 0.3 is 0 Å². The van der Waals surface area contributed by atoms with Crippen LogP contribution in [0.15, 0.2) is 30.3 Å². The van der Waals surface area contributed by atoms with Crippen molar-refractivity contribution in [3.05, 3.63) is 30.3 Å². The Morgan fingerprint density at radius 3 is 1.67 bits per heavy atom. The summed E-state index contributed by atoms with van der Waals surface area (Å²) in [6.07, 6.45) is 0. The van der Waals surface area contributed by atoms with E-state index in [0.29, 0.717) is 5.75 Å². The van der Waals surface area contributed by atoms with Gasteiger partial charge in [0.05, 0.1) is 0 Å². The molecule has 43 valence electrons. The van der Waals surface area contributed by atoms with Crippen LogP contribution in [0.5, 0.6) is 5.75 Å². The van der Waals surface area contributed by atoms with Gasteiger partial charge in [-0.1, -0.05) is 18.2 Å². The van der Waals surface area contributed by atoms with Gasteiger partial charge in [0.2, 0.25) is 0 Å². The number of para-hydroxylation sites is 1. The summed E-state index contributed by atoms with van der Waals surface area (Å²) in [5.74, 6) is 0.322. The summed E-state index contributed by atoms with van der Waals surface area (Å²) in [7, 11) is 0. The zero-order chi connectivity index (χ0) is 5.11. The van der Waals surface area contributed by atoms with E-state index in [2.05, 4.69) is 0 Å². The average Bonchev–Trinajstić information content (AvgIpc) is 1.69. The molecule has 3 radical (unpaired) electrons. The van der Waals surface area contributed by atoms with Crippen molar-refractivity contribution in [3.8, 4) is 5.75 Å². The number of hydrogen-bond acceptors (Lipinski definition) is 1. The van der Waals surface area contributed by atoms with E-state index in [0.717, 1.165) is 0 Å². The molecule has 1 N–H and O–H groups in total. The Morgan fingerprint density at radius 1 is 1.00 bits per heavy atom. The maximum Gasteiger partial charge on any atom is 0.115 e. The Hall–Kier alpha value is 0.267. The molecule has 0 amide bonds. The quantitative estimate of drug-likeness (QED) is 0.574. The Morgan fingerprint density at radius 2 is 1.44 bits per heavy atom. The Balaban J connectivity index is 0. The van der Waals surface area contributed by atoms with Gasteiger partial charge in [0, 0.05) is 39.1 Å². The number of hydrogen-bond donors (Lipinski definition) is 1. The molecule has 0 aliphatic carbocycles. The minimum Gasteiger partial charge on any atom is -0.508 e. The second kappa shape index (κ2) is 6.39. The molecule has 0 saturated carbocycles. The van der Waals surface area contributed by atoms with Gasteiger partial charge in [0.25, 0.3) is 0 Å². The summed E-state index contributed by atoms with van der Waals surface area (Å²) in [5.41, 5.74) is 0. The van der Waals surface area contributed by atoms with Crippen LogP contribution < -0.4 is 0 Å². The molecule has 0 spiro atoms. The molecule has 0 saturated heterocycles. The molecule has 0 unspecified atom stereocenters. The standard InChI is InChI=1S/C6H6O.Al.Ti/c7-6-4-2-1-3-5-6;;/h1-5,7H;;. The van der Waals surface area contributed by atoms with Crippen molar-refractivity contribution in [1.82, 2.24) is 0 Å². The van der Waals surface area contributed by atoms with Crippen molar-refractivity contribution in [1.29, 1.82) is 0 Å². The van der Waals surface area contributed by atoms with Crippen molar-refractivity contribution in [2.45, 2.75) is 0 Å². The van der Waals surface area contributed by atoms with Crippen molar-refractivity contribution in [3.63, 3.8) is 0 Å². The Kier molecular flexibility index (Phi) is 8.51. The predicted molar refractivity (Wildman–Crippen MR) is 33.9 cm³/mol. The van der Waals surface area contributed by atoms with Gasteiger partial charge in [-0.3, -0.25) is 0 Å². The van der Waals surface area contributed by atoms with E-state index in [1.165, 1.54) is 0 Å². The summed E-state index contributed by atoms with van der Waals surface area (Å²) in [6, 6.07) is 8.71. The molecule has 1 rings (SSSR count). The van der Waals surface area contributed by atoms with Crippen LogP contribution in [-0.4, -0.2) is 22.5 Å². The Bertz CT molecular complexity index is 143. The summed E-state index contributed by atoms with van der Waals surface area (Å²) in [5, 5.41) is 8.63. The molecule has 0 aromatic heterocycles. The predicted octanol–water partition coefficient (Wildman–Crippen LogP) is 1.01. The van der Waals surface area contributed by atoms with E-state index in [1.54, 1.807) is 24.3 Å². The Labute approximate surface area is 80.1 Å². The fraction of sp³-hybridized carbons (Fsp3) is 0. The van der Waals surface area contributed by atoms with Gasteiger partial charge in [0.15, 0.2) is 0 Å². The summed E-state index contributed by atoms with van der Waals surface area (Å²) >= 11 is 0. The molecule has 3 heteroatoms. The van der Waals surface area contributed by atoms with Crippen LogP contribution >= 0.6 is 0 Å². The van der Waals surface area contributed by atoms with E-state index >= 15 is 0 Å². The molecular formula is C6H6AlOTi. The SMILES string of the molecule is Oc1ccccc1.[Al].[Ti]. The summed E-state index contributed by atoms with van der Waals surface area (Å²) < 4.78 is 0. The fourth-order valence-electron chi connectivity index (χ4n) is 0.428. The van der Waals surface area contributed by atoms with Gasteiger partial charge in [-0.05, 0) is 12.1 Å². The fourth-order valence-corrected chi connectivity index (χ4v) is 0.428. The van der Waals surface area contributed by atoms with Crippen LogP contribution in [0, 0.1) is 0 Å². The van der Waals surface area contributed by atoms with Crippen LogP contribution in [-0.2, 0) is 21.7 Å². The molecule has 0 aliphatic heterocycles. The third-order valence-corrected chi connectivity index (χ3v) is 0.756. The molecule has 9 heavy (non-hydrogen) atoms. The molecular weight excluding hydrogens is 163 g/mol. The molecule has 0 bridgehead atoms. The van der Waals surface area contributed by atoms with Gasteiger partial charge in [-0.25, -0.2) is 0 Å². The van der Waals surface area contributed by atoms with Gasteiger partial charge in [-0.15, -0.1) is 0 Å². The number of phenolic OH excluding ortho intramolecular Hbond substituents is 1. The minimum absolute atomic E-state index is 0. The van der Waals surface area contributed by atoms with Gasteiger partial charge in [0.1, 0.15) is 5.75 Å². The number of aromatic hydroxyl groups is 1. The molecule has 0 heterocycles. The first-order valence-electron chi connectivity index (χ1n) is 2.13. The van der Waals surface area contributed by atoms with Crippen LogP contribution in [0.2, 0.25) is 0 Å². The zero-order valence-corrected chi connectivity index (χ0v) is 7.63. The minimum atomic E-state index is 0. The first-order valence-corrected chi connectivity index (χ1v) is 2.13. The van der Waals surface area contributed by atoms with Crippen LogP contribution in [0.3, 0.4) is 0 Å². The molecule has 0 aliphatic rings. The number of benzene rings is 1. The smallest absolute Gasteiger partial charge is 0.115 e. The zero-order valence-electron chi connectivity index (χ0n) is 4.91. The van der Waals surface area contributed by atoms with E-state index in [1.807, 2.05) is 6.07 Å².